The van der Waals surface area contributed by atoms with Crippen LogP contribution in [0.3, 0.4) is 0 Å². The number of fused-ring (bicyclic) bond motifs is 1. The lowest BCUT2D eigenvalue weighted by Crippen LogP contribution is -2.01. The first-order valence-corrected chi connectivity index (χ1v) is 5.84. The van der Waals surface area contributed by atoms with Gasteiger partial charge in [0.2, 0.25) is 0 Å². The zero-order valence-electron chi connectivity index (χ0n) is 9.24. The van der Waals surface area contributed by atoms with Gasteiger partial charge in [-0.2, -0.15) is 0 Å². The topological polar surface area (TPSA) is 29.5 Å². The highest BCUT2D eigenvalue weighted by Gasteiger charge is 2.22. The molecule has 0 saturated heterocycles. The van der Waals surface area contributed by atoms with Crippen LogP contribution in [0.15, 0.2) is 29.3 Å². The van der Waals surface area contributed by atoms with Crippen molar-refractivity contribution in [2.24, 2.45) is 0 Å². The summed E-state index contributed by atoms with van der Waals surface area (Å²) in [5.41, 5.74) is 4.65. The molecule has 0 aliphatic heterocycles. The standard InChI is InChI=1S/C13H15ClO2/c1-9(7-14)8-16-13-4-2-3-10-11(13)5-6-12(10)15/h2-4,7,12,15H,5-6,8H2,1H3/b9-7-. The van der Waals surface area contributed by atoms with Crippen molar-refractivity contribution in [3.63, 3.8) is 0 Å². The summed E-state index contributed by atoms with van der Waals surface area (Å²) in [6.45, 7) is 2.42. The Balaban J connectivity index is 2.17. The molecule has 1 N–H and O–H groups in total. The van der Waals surface area contributed by atoms with Crippen molar-refractivity contribution in [2.45, 2.75) is 25.9 Å². The van der Waals surface area contributed by atoms with E-state index in [1.165, 1.54) is 5.54 Å². The van der Waals surface area contributed by atoms with Crippen molar-refractivity contribution in [2.75, 3.05) is 6.61 Å². The number of halogens is 1. The summed E-state index contributed by atoms with van der Waals surface area (Å²) in [5.74, 6) is 0.868. The van der Waals surface area contributed by atoms with Gasteiger partial charge in [0.05, 0.1) is 6.10 Å². The van der Waals surface area contributed by atoms with E-state index < -0.39 is 0 Å². The first-order chi connectivity index (χ1) is 7.72. The predicted molar refractivity (Wildman–Crippen MR) is 64.8 cm³/mol. The van der Waals surface area contributed by atoms with E-state index in [0.29, 0.717) is 6.61 Å². The van der Waals surface area contributed by atoms with Gasteiger partial charge in [-0.3, -0.25) is 0 Å². The molecular weight excluding hydrogens is 224 g/mol. The van der Waals surface area contributed by atoms with Gasteiger partial charge in [-0.1, -0.05) is 23.7 Å². The zero-order chi connectivity index (χ0) is 11.5. The molecule has 0 radical (unpaired) electrons. The van der Waals surface area contributed by atoms with Crippen LogP contribution in [0.4, 0.5) is 0 Å². The Morgan fingerprint density at radius 2 is 2.44 bits per heavy atom. The Morgan fingerprint density at radius 1 is 1.62 bits per heavy atom. The smallest absolute Gasteiger partial charge is 0.123 e. The van der Waals surface area contributed by atoms with E-state index in [1.807, 2.05) is 25.1 Å². The second kappa shape index (κ2) is 4.89. The number of rotatable bonds is 3. The van der Waals surface area contributed by atoms with Gasteiger partial charge in [-0.25, -0.2) is 0 Å². The monoisotopic (exact) mass is 238 g/mol. The third-order valence-corrected chi connectivity index (χ3v) is 3.21. The number of aliphatic hydroxyl groups is 1. The number of hydrogen-bond donors (Lipinski definition) is 1. The summed E-state index contributed by atoms with van der Waals surface area (Å²) in [6.07, 6.45) is 1.35. The summed E-state index contributed by atoms with van der Waals surface area (Å²) in [7, 11) is 0. The minimum absolute atomic E-state index is 0.330. The quantitative estimate of drug-likeness (QED) is 0.877. The number of hydrogen-bond acceptors (Lipinski definition) is 2. The van der Waals surface area contributed by atoms with Crippen molar-refractivity contribution < 1.29 is 9.84 Å². The average Bonchev–Trinajstić information content (AvgIpc) is 2.69. The van der Waals surface area contributed by atoms with Gasteiger partial charge >= 0.3 is 0 Å². The van der Waals surface area contributed by atoms with Crippen LogP contribution in [0.2, 0.25) is 0 Å². The van der Waals surface area contributed by atoms with E-state index in [4.69, 9.17) is 16.3 Å². The van der Waals surface area contributed by atoms with Crippen LogP contribution in [0, 0.1) is 0 Å². The maximum atomic E-state index is 9.74. The van der Waals surface area contributed by atoms with E-state index in [9.17, 15) is 5.11 Å². The summed E-state index contributed by atoms with van der Waals surface area (Å²) in [4.78, 5) is 0. The van der Waals surface area contributed by atoms with Gasteiger partial charge in [0.25, 0.3) is 0 Å². The van der Waals surface area contributed by atoms with Crippen molar-refractivity contribution in [3.05, 3.63) is 40.4 Å². The molecule has 1 aliphatic carbocycles. The lowest BCUT2D eigenvalue weighted by molar-refractivity contribution is 0.180. The molecule has 0 aromatic heterocycles. The van der Waals surface area contributed by atoms with Crippen molar-refractivity contribution in [3.8, 4) is 5.75 Å². The maximum Gasteiger partial charge on any atom is 0.123 e. The molecule has 1 aliphatic rings. The minimum Gasteiger partial charge on any atom is -0.489 e. The first-order valence-electron chi connectivity index (χ1n) is 5.41. The van der Waals surface area contributed by atoms with E-state index in [0.717, 1.165) is 35.3 Å². The Morgan fingerprint density at radius 3 is 3.19 bits per heavy atom. The third-order valence-electron chi connectivity index (χ3n) is 2.84. The molecule has 1 atom stereocenters. The Bertz CT molecular complexity index is 412. The van der Waals surface area contributed by atoms with Gasteiger partial charge in [-0.05, 0) is 37.0 Å². The zero-order valence-corrected chi connectivity index (χ0v) is 10.00. The molecule has 0 fully saturated rings. The highest BCUT2D eigenvalue weighted by molar-refractivity contribution is 6.25. The average molecular weight is 239 g/mol. The van der Waals surface area contributed by atoms with Crippen molar-refractivity contribution in [1.29, 1.82) is 0 Å². The van der Waals surface area contributed by atoms with Crippen molar-refractivity contribution in [1.82, 2.24) is 0 Å². The molecule has 2 nitrogen and oxygen atoms in total. The van der Waals surface area contributed by atoms with E-state index in [-0.39, 0.29) is 6.10 Å². The van der Waals surface area contributed by atoms with Crippen LogP contribution in [0.1, 0.15) is 30.6 Å². The second-order valence-corrected chi connectivity index (χ2v) is 4.34. The molecule has 0 heterocycles. The fourth-order valence-corrected chi connectivity index (χ4v) is 2.02. The van der Waals surface area contributed by atoms with E-state index >= 15 is 0 Å². The largest absolute Gasteiger partial charge is 0.489 e. The predicted octanol–water partition coefficient (Wildman–Crippen LogP) is 3.19. The maximum absolute atomic E-state index is 9.74. The van der Waals surface area contributed by atoms with Crippen LogP contribution >= 0.6 is 11.6 Å². The molecule has 0 bridgehead atoms. The molecule has 0 spiro atoms. The fourth-order valence-electron chi connectivity index (χ4n) is 1.96. The van der Waals surface area contributed by atoms with Crippen LogP contribution in [0.5, 0.6) is 5.75 Å². The molecule has 86 valence electrons. The van der Waals surface area contributed by atoms with Gasteiger partial charge in [0, 0.05) is 11.1 Å². The highest BCUT2D eigenvalue weighted by atomic mass is 35.5. The lowest BCUT2D eigenvalue weighted by Gasteiger charge is -2.11. The Hall–Kier alpha value is -0.990. The molecule has 2 rings (SSSR count). The molecule has 1 unspecified atom stereocenters. The number of aliphatic hydroxyl groups excluding tert-OH is 1. The van der Waals surface area contributed by atoms with E-state index in [1.54, 1.807) is 0 Å². The van der Waals surface area contributed by atoms with Gasteiger partial charge < -0.3 is 9.84 Å². The summed E-state index contributed by atoms with van der Waals surface area (Å²) >= 11 is 5.58. The van der Waals surface area contributed by atoms with Crippen LogP contribution in [-0.2, 0) is 6.42 Å². The summed E-state index contributed by atoms with van der Waals surface area (Å²) < 4.78 is 5.69. The Labute approximate surface area is 101 Å². The molecule has 16 heavy (non-hydrogen) atoms. The molecule has 3 heteroatoms. The van der Waals surface area contributed by atoms with Crippen LogP contribution in [-0.4, -0.2) is 11.7 Å². The van der Waals surface area contributed by atoms with Crippen molar-refractivity contribution >= 4 is 11.6 Å². The molecule has 0 saturated carbocycles. The fraction of sp³-hybridized carbons (Fsp3) is 0.385. The third kappa shape index (κ3) is 2.23. The van der Waals surface area contributed by atoms with Gasteiger partial charge in [0.1, 0.15) is 12.4 Å². The molecule has 1 aromatic carbocycles. The number of ether oxygens (including phenoxy) is 1. The lowest BCUT2D eigenvalue weighted by atomic mass is 10.1. The summed E-state index contributed by atoms with van der Waals surface area (Å²) in [5, 5.41) is 9.74. The summed E-state index contributed by atoms with van der Waals surface area (Å²) in [6, 6.07) is 5.82. The Kier molecular flexibility index (Phi) is 3.52. The molecule has 1 aromatic rings. The molecular formula is C13H15ClO2. The van der Waals surface area contributed by atoms with Gasteiger partial charge in [0.15, 0.2) is 0 Å². The number of benzene rings is 1. The first kappa shape index (κ1) is 11.5. The molecule has 0 amide bonds. The highest BCUT2D eigenvalue weighted by Crippen LogP contribution is 2.36. The van der Waals surface area contributed by atoms with E-state index in [2.05, 4.69) is 0 Å². The van der Waals surface area contributed by atoms with Crippen LogP contribution in [0.25, 0.3) is 0 Å². The normalized spacial score (nSPS) is 19.7. The van der Waals surface area contributed by atoms with Crippen LogP contribution < -0.4 is 4.74 Å². The minimum atomic E-state index is -0.330. The second-order valence-electron chi connectivity index (χ2n) is 4.12. The SMILES string of the molecule is C/C(=C/Cl)COc1cccc2c1CCC2O. The van der Waals surface area contributed by atoms with Gasteiger partial charge in [-0.15, -0.1) is 0 Å².